The van der Waals surface area contributed by atoms with E-state index in [1.807, 2.05) is 39.0 Å². The van der Waals surface area contributed by atoms with Crippen LogP contribution >= 0.6 is 11.3 Å². The summed E-state index contributed by atoms with van der Waals surface area (Å²) in [5, 5.41) is 6.15. The van der Waals surface area contributed by atoms with Gasteiger partial charge in [-0.05, 0) is 80.4 Å². The molecule has 32 heavy (non-hydrogen) atoms. The molecule has 1 aromatic heterocycles. The van der Waals surface area contributed by atoms with Gasteiger partial charge in [-0.1, -0.05) is 29.5 Å². The molecule has 4 rings (SSSR count). The number of fused-ring (bicyclic) bond motifs is 1. The molecule has 5 nitrogen and oxygen atoms in total. The van der Waals surface area contributed by atoms with Crippen LogP contribution < -0.4 is 9.75 Å². The Morgan fingerprint density at radius 3 is 2.50 bits per heavy atom. The highest BCUT2D eigenvalue weighted by atomic mass is 32.1. The van der Waals surface area contributed by atoms with Crippen molar-refractivity contribution in [2.45, 2.75) is 26.9 Å². The molecule has 0 aliphatic rings. The number of halogens is 1. The molecule has 0 radical (unpaired) electrons. The van der Waals surface area contributed by atoms with Gasteiger partial charge >= 0.3 is 0 Å². The first-order valence-corrected chi connectivity index (χ1v) is 11.0. The minimum absolute atomic E-state index is 0.0413. The first kappa shape index (κ1) is 21.6. The molecular formula is C25H22FN3O2S. The molecule has 0 spiro atoms. The van der Waals surface area contributed by atoms with E-state index in [-0.39, 0.29) is 17.8 Å². The van der Waals surface area contributed by atoms with Crippen molar-refractivity contribution in [2.75, 3.05) is 5.01 Å². The van der Waals surface area contributed by atoms with Gasteiger partial charge in [0.05, 0.1) is 22.5 Å². The van der Waals surface area contributed by atoms with Crippen LogP contribution in [0.15, 0.2) is 71.8 Å². The molecule has 1 amide bonds. The number of amides is 1. The van der Waals surface area contributed by atoms with E-state index in [4.69, 9.17) is 4.74 Å². The predicted molar refractivity (Wildman–Crippen MR) is 127 cm³/mol. The zero-order chi connectivity index (χ0) is 22.7. The highest BCUT2D eigenvalue weighted by molar-refractivity contribution is 7.22. The van der Waals surface area contributed by atoms with Gasteiger partial charge in [0, 0.05) is 5.56 Å². The minimum atomic E-state index is -0.333. The fraction of sp³-hybridized carbons (Fsp3) is 0.160. The third-order valence-electron chi connectivity index (χ3n) is 4.57. The number of thiazole rings is 1. The van der Waals surface area contributed by atoms with Crippen molar-refractivity contribution >= 4 is 38.8 Å². The summed E-state index contributed by atoms with van der Waals surface area (Å²) in [6.07, 6.45) is 1.56. The summed E-state index contributed by atoms with van der Waals surface area (Å²) in [7, 11) is 0. The van der Waals surface area contributed by atoms with E-state index in [2.05, 4.69) is 10.1 Å². The highest BCUT2D eigenvalue weighted by Gasteiger charge is 2.21. The molecule has 0 bridgehead atoms. The Morgan fingerprint density at radius 1 is 1.09 bits per heavy atom. The Bertz CT molecular complexity index is 1260. The molecule has 3 aromatic carbocycles. The maximum absolute atomic E-state index is 13.4. The van der Waals surface area contributed by atoms with Gasteiger partial charge in [0.2, 0.25) is 5.13 Å². The Kier molecular flexibility index (Phi) is 6.28. The number of carbonyl (C=O) groups excluding carboxylic acids is 1. The molecule has 0 aliphatic heterocycles. The number of carbonyl (C=O) groups is 1. The molecule has 0 unspecified atom stereocenters. The Morgan fingerprint density at radius 2 is 1.81 bits per heavy atom. The van der Waals surface area contributed by atoms with E-state index in [0.717, 1.165) is 15.8 Å². The number of rotatable bonds is 6. The summed E-state index contributed by atoms with van der Waals surface area (Å²) >= 11 is 1.39. The van der Waals surface area contributed by atoms with Gasteiger partial charge in [0.15, 0.2) is 0 Å². The zero-order valence-electron chi connectivity index (χ0n) is 17.9. The second-order valence-corrected chi connectivity index (χ2v) is 8.58. The fourth-order valence-corrected chi connectivity index (χ4v) is 4.06. The first-order chi connectivity index (χ1) is 15.4. The van der Waals surface area contributed by atoms with Crippen LogP contribution in [0.25, 0.3) is 10.2 Å². The lowest BCUT2D eigenvalue weighted by atomic mass is 10.2. The lowest BCUT2D eigenvalue weighted by molar-refractivity contribution is 0.0988. The van der Waals surface area contributed by atoms with Gasteiger partial charge in [0.25, 0.3) is 5.91 Å². The van der Waals surface area contributed by atoms with Crippen LogP contribution in [0.3, 0.4) is 0 Å². The first-order valence-electron chi connectivity index (χ1n) is 10.2. The monoisotopic (exact) mass is 447 g/mol. The molecule has 162 valence electrons. The van der Waals surface area contributed by atoms with Crippen molar-refractivity contribution in [1.29, 1.82) is 0 Å². The van der Waals surface area contributed by atoms with Gasteiger partial charge in [-0.2, -0.15) is 10.1 Å². The number of benzene rings is 3. The normalized spacial score (nSPS) is 11.4. The summed E-state index contributed by atoms with van der Waals surface area (Å²) in [4.78, 5) is 18.0. The standard InChI is InChI=1S/C25H22FN3O2S/c1-16(2)31-21-11-7-19(8-12-21)24(30)29(27-15-18-5-9-20(26)10-6-18)25-28-22-13-4-17(3)14-23(22)32-25/h4-16H,1-3H3/b27-15+. The van der Waals surface area contributed by atoms with Crippen molar-refractivity contribution in [3.63, 3.8) is 0 Å². The largest absolute Gasteiger partial charge is 0.491 e. The molecule has 4 aromatic rings. The summed E-state index contributed by atoms with van der Waals surface area (Å²) in [5.41, 5.74) is 3.03. The molecule has 1 heterocycles. The number of aromatic nitrogens is 1. The molecule has 0 saturated carbocycles. The van der Waals surface area contributed by atoms with E-state index in [0.29, 0.717) is 22.0 Å². The minimum Gasteiger partial charge on any atom is -0.491 e. The predicted octanol–water partition coefficient (Wildman–Crippen LogP) is 6.21. The average Bonchev–Trinajstić information content (AvgIpc) is 3.18. The van der Waals surface area contributed by atoms with E-state index >= 15 is 0 Å². The Hall–Kier alpha value is -3.58. The van der Waals surface area contributed by atoms with Crippen LogP contribution in [0.5, 0.6) is 5.75 Å². The summed E-state index contributed by atoms with van der Waals surface area (Å²) in [6.45, 7) is 5.90. The van der Waals surface area contributed by atoms with Gasteiger partial charge in [-0.3, -0.25) is 4.79 Å². The van der Waals surface area contributed by atoms with Crippen molar-refractivity contribution in [3.8, 4) is 5.75 Å². The number of ether oxygens (including phenoxy) is 1. The summed E-state index contributed by atoms with van der Waals surface area (Å²) in [5.74, 6) is 0.0314. The summed E-state index contributed by atoms with van der Waals surface area (Å²) < 4.78 is 19.9. The number of anilines is 1. The maximum Gasteiger partial charge on any atom is 0.280 e. The van der Waals surface area contributed by atoms with Gasteiger partial charge in [-0.25, -0.2) is 9.37 Å². The molecule has 0 fully saturated rings. The summed E-state index contributed by atoms with van der Waals surface area (Å²) in [6, 6.07) is 18.8. The van der Waals surface area contributed by atoms with Crippen LogP contribution in [0.2, 0.25) is 0 Å². The number of hydrogen-bond acceptors (Lipinski definition) is 5. The molecule has 0 saturated heterocycles. The topological polar surface area (TPSA) is 54.8 Å². The van der Waals surface area contributed by atoms with E-state index in [1.54, 1.807) is 36.4 Å². The average molecular weight is 448 g/mol. The van der Waals surface area contributed by atoms with E-state index in [9.17, 15) is 9.18 Å². The number of hydrogen-bond donors (Lipinski definition) is 0. The smallest absolute Gasteiger partial charge is 0.280 e. The molecule has 0 aliphatic carbocycles. The van der Waals surface area contributed by atoms with Crippen LogP contribution in [-0.2, 0) is 0 Å². The van der Waals surface area contributed by atoms with Crippen molar-refractivity contribution in [1.82, 2.24) is 4.98 Å². The van der Waals surface area contributed by atoms with Crippen molar-refractivity contribution in [3.05, 3.63) is 89.2 Å². The van der Waals surface area contributed by atoms with E-state index < -0.39 is 0 Å². The number of nitrogens with zero attached hydrogens (tertiary/aromatic N) is 3. The maximum atomic E-state index is 13.4. The fourth-order valence-electron chi connectivity index (χ4n) is 3.04. The van der Waals surface area contributed by atoms with Crippen LogP contribution in [-0.4, -0.2) is 23.2 Å². The highest BCUT2D eigenvalue weighted by Crippen LogP contribution is 2.31. The zero-order valence-corrected chi connectivity index (χ0v) is 18.8. The number of hydrazone groups is 1. The van der Waals surface area contributed by atoms with E-state index in [1.165, 1.54) is 34.7 Å². The van der Waals surface area contributed by atoms with Crippen molar-refractivity contribution in [2.24, 2.45) is 5.10 Å². The van der Waals surface area contributed by atoms with Crippen LogP contribution in [0, 0.1) is 12.7 Å². The molecule has 0 N–H and O–H groups in total. The third kappa shape index (κ3) is 5.00. The Balaban J connectivity index is 1.70. The second-order valence-electron chi connectivity index (χ2n) is 7.57. The molecular weight excluding hydrogens is 425 g/mol. The van der Waals surface area contributed by atoms with Gasteiger partial charge in [0.1, 0.15) is 11.6 Å². The molecule has 7 heteroatoms. The van der Waals surface area contributed by atoms with Gasteiger partial charge < -0.3 is 4.74 Å². The van der Waals surface area contributed by atoms with Crippen molar-refractivity contribution < 1.29 is 13.9 Å². The number of aryl methyl sites for hydroxylation is 1. The third-order valence-corrected chi connectivity index (χ3v) is 5.57. The van der Waals surface area contributed by atoms with Crippen LogP contribution in [0.1, 0.15) is 35.3 Å². The lowest BCUT2D eigenvalue weighted by Crippen LogP contribution is -2.25. The quantitative estimate of drug-likeness (QED) is 0.261. The molecule has 0 atom stereocenters. The van der Waals surface area contributed by atoms with Gasteiger partial charge in [-0.15, -0.1) is 0 Å². The second kappa shape index (κ2) is 9.28. The SMILES string of the molecule is Cc1ccc2nc(N(/N=C/c3ccc(F)cc3)C(=O)c3ccc(OC(C)C)cc3)sc2c1. The Labute approximate surface area is 189 Å². The lowest BCUT2D eigenvalue weighted by Gasteiger charge is -2.15. The van der Waals surface area contributed by atoms with Crippen LogP contribution in [0.4, 0.5) is 9.52 Å².